The lowest BCUT2D eigenvalue weighted by molar-refractivity contribution is -0.137. The maximum absolute atomic E-state index is 13.0. The molecule has 2 heterocycles. The van der Waals surface area contributed by atoms with Crippen molar-refractivity contribution in [3.05, 3.63) is 72.1 Å². The molecule has 0 aliphatic carbocycles. The molecule has 29 heavy (non-hydrogen) atoms. The molecule has 4 nitrogen and oxygen atoms in total. The van der Waals surface area contributed by atoms with E-state index >= 15 is 0 Å². The number of allylic oxidation sites excluding steroid dienone is 1. The molecule has 0 spiro atoms. The van der Waals surface area contributed by atoms with Crippen LogP contribution in [0.15, 0.2) is 60.9 Å². The van der Waals surface area contributed by atoms with Crippen LogP contribution in [0.1, 0.15) is 24.0 Å². The van der Waals surface area contributed by atoms with Crippen LogP contribution in [0.2, 0.25) is 0 Å². The second-order valence-electron chi connectivity index (χ2n) is 6.72. The SMILES string of the molecule is O=C(C=C1CCCOc2cc(C(F)(F)F)ccc21)Nc1cccc2cnccc12. The van der Waals surface area contributed by atoms with Crippen LogP contribution in [-0.4, -0.2) is 17.5 Å². The molecule has 0 unspecified atom stereocenters. The van der Waals surface area contributed by atoms with Crippen molar-refractivity contribution < 1.29 is 22.7 Å². The average molecular weight is 398 g/mol. The van der Waals surface area contributed by atoms with Gasteiger partial charge in [-0.3, -0.25) is 9.78 Å². The van der Waals surface area contributed by atoms with Crippen molar-refractivity contribution in [3.63, 3.8) is 0 Å². The van der Waals surface area contributed by atoms with Gasteiger partial charge in [0.2, 0.25) is 5.91 Å². The summed E-state index contributed by atoms with van der Waals surface area (Å²) in [7, 11) is 0. The van der Waals surface area contributed by atoms with Crippen LogP contribution in [0, 0.1) is 0 Å². The van der Waals surface area contributed by atoms with E-state index in [2.05, 4.69) is 10.3 Å². The molecule has 148 valence electrons. The maximum Gasteiger partial charge on any atom is 0.416 e. The summed E-state index contributed by atoms with van der Waals surface area (Å²) < 4.78 is 44.5. The Kier molecular flexibility index (Phi) is 4.96. The Labute approximate surface area is 165 Å². The molecule has 0 fully saturated rings. The van der Waals surface area contributed by atoms with E-state index in [4.69, 9.17) is 4.74 Å². The Morgan fingerprint density at radius 3 is 2.86 bits per heavy atom. The number of amides is 1. The van der Waals surface area contributed by atoms with E-state index in [-0.39, 0.29) is 11.7 Å². The minimum Gasteiger partial charge on any atom is -0.493 e. The zero-order chi connectivity index (χ0) is 20.4. The second kappa shape index (κ2) is 7.58. The summed E-state index contributed by atoms with van der Waals surface area (Å²) in [6, 6.07) is 10.7. The molecule has 0 saturated heterocycles. The fourth-order valence-electron chi connectivity index (χ4n) is 3.37. The summed E-state index contributed by atoms with van der Waals surface area (Å²) in [5, 5.41) is 4.60. The number of hydrogen-bond donors (Lipinski definition) is 1. The second-order valence-corrected chi connectivity index (χ2v) is 6.72. The Hall–Kier alpha value is -3.35. The average Bonchev–Trinajstić information content (AvgIpc) is 2.89. The van der Waals surface area contributed by atoms with Crippen LogP contribution in [-0.2, 0) is 11.0 Å². The molecule has 1 aromatic heterocycles. The number of anilines is 1. The van der Waals surface area contributed by atoms with Crippen molar-refractivity contribution in [1.82, 2.24) is 4.98 Å². The lowest BCUT2D eigenvalue weighted by Crippen LogP contribution is -2.09. The van der Waals surface area contributed by atoms with Crippen molar-refractivity contribution in [2.75, 3.05) is 11.9 Å². The van der Waals surface area contributed by atoms with Crippen LogP contribution in [0.4, 0.5) is 18.9 Å². The number of nitrogens with zero attached hydrogens (tertiary/aromatic N) is 1. The highest BCUT2D eigenvalue weighted by Crippen LogP contribution is 2.38. The number of fused-ring (bicyclic) bond motifs is 2. The maximum atomic E-state index is 13.0. The third-order valence-corrected chi connectivity index (χ3v) is 4.75. The number of ether oxygens (including phenoxy) is 1. The number of aromatic nitrogens is 1. The predicted molar refractivity (Wildman–Crippen MR) is 105 cm³/mol. The summed E-state index contributed by atoms with van der Waals surface area (Å²) in [5.74, 6) is -0.204. The Bertz CT molecular complexity index is 1100. The number of hydrogen-bond acceptors (Lipinski definition) is 3. The number of halogens is 3. The standard InChI is InChI=1S/C22H17F3N2O2/c23-22(24,25)16-6-7-18-14(4-2-10-29-20(18)12-16)11-21(28)27-19-5-1-3-15-13-26-9-8-17(15)19/h1,3,5-9,11-13H,2,4,10H2,(H,27,28). The fourth-order valence-corrected chi connectivity index (χ4v) is 3.37. The van der Waals surface area contributed by atoms with Crippen molar-refractivity contribution in [2.45, 2.75) is 19.0 Å². The van der Waals surface area contributed by atoms with Gasteiger partial charge in [-0.2, -0.15) is 13.2 Å². The highest BCUT2D eigenvalue weighted by Gasteiger charge is 2.32. The quantitative estimate of drug-likeness (QED) is 0.584. The molecule has 0 radical (unpaired) electrons. The van der Waals surface area contributed by atoms with E-state index in [0.717, 1.165) is 22.9 Å². The molecule has 1 N–H and O–H groups in total. The summed E-state index contributed by atoms with van der Waals surface area (Å²) in [6.45, 7) is 0.295. The Balaban J connectivity index is 1.65. The number of rotatable bonds is 2. The van der Waals surface area contributed by atoms with Gasteiger partial charge in [-0.25, -0.2) is 0 Å². The van der Waals surface area contributed by atoms with Crippen LogP contribution < -0.4 is 10.1 Å². The first-order chi connectivity index (χ1) is 13.9. The van der Waals surface area contributed by atoms with Gasteiger partial charge in [0.1, 0.15) is 5.75 Å². The van der Waals surface area contributed by atoms with Crippen LogP contribution in [0.25, 0.3) is 16.3 Å². The summed E-state index contributed by atoms with van der Waals surface area (Å²) >= 11 is 0. The lowest BCUT2D eigenvalue weighted by atomic mass is 9.99. The normalized spacial score (nSPS) is 15.5. The van der Waals surface area contributed by atoms with Gasteiger partial charge >= 0.3 is 6.18 Å². The number of alkyl halides is 3. The first-order valence-electron chi connectivity index (χ1n) is 9.10. The molecule has 4 rings (SSSR count). The highest BCUT2D eigenvalue weighted by atomic mass is 19.4. The Morgan fingerprint density at radius 1 is 1.17 bits per heavy atom. The molecule has 0 saturated carbocycles. The molecule has 0 atom stereocenters. The van der Waals surface area contributed by atoms with Gasteiger partial charge in [0, 0.05) is 40.5 Å². The zero-order valence-corrected chi connectivity index (χ0v) is 15.3. The molecular weight excluding hydrogens is 381 g/mol. The van der Waals surface area contributed by atoms with Crippen LogP contribution in [0.3, 0.4) is 0 Å². The highest BCUT2D eigenvalue weighted by molar-refractivity contribution is 6.08. The van der Waals surface area contributed by atoms with Crippen LogP contribution >= 0.6 is 0 Å². The fraction of sp³-hybridized carbons (Fsp3) is 0.182. The monoisotopic (exact) mass is 398 g/mol. The first-order valence-corrected chi connectivity index (χ1v) is 9.10. The van der Waals surface area contributed by atoms with Crippen molar-refractivity contribution >= 4 is 27.9 Å². The molecule has 1 aliphatic heterocycles. The minimum absolute atomic E-state index is 0.146. The smallest absolute Gasteiger partial charge is 0.416 e. The van der Waals surface area contributed by atoms with Crippen molar-refractivity contribution in [1.29, 1.82) is 0 Å². The zero-order valence-electron chi connectivity index (χ0n) is 15.3. The van der Waals surface area contributed by atoms with Crippen molar-refractivity contribution in [3.8, 4) is 5.75 Å². The van der Waals surface area contributed by atoms with Gasteiger partial charge in [-0.15, -0.1) is 0 Å². The van der Waals surface area contributed by atoms with Gasteiger partial charge < -0.3 is 10.1 Å². The Morgan fingerprint density at radius 2 is 2.03 bits per heavy atom. The molecule has 0 bridgehead atoms. The van der Waals surface area contributed by atoms with E-state index in [9.17, 15) is 18.0 Å². The minimum atomic E-state index is -4.45. The summed E-state index contributed by atoms with van der Waals surface area (Å²) in [6.07, 6.45) is 1.48. The van der Waals surface area contributed by atoms with E-state index in [1.165, 1.54) is 12.1 Å². The van der Waals surface area contributed by atoms with Gasteiger partial charge in [0.15, 0.2) is 0 Å². The number of pyridine rings is 1. The predicted octanol–water partition coefficient (Wildman–Crippen LogP) is 5.45. The largest absolute Gasteiger partial charge is 0.493 e. The third kappa shape index (κ3) is 4.08. The van der Waals surface area contributed by atoms with E-state index in [1.807, 2.05) is 18.2 Å². The van der Waals surface area contributed by atoms with Gasteiger partial charge in [0.25, 0.3) is 0 Å². The lowest BCUT2D eigenvalue weighted by Gasteiger charge is -2.13. The first kappa shape index (κ1) is 19.0. The number of carbonyl (C=O) groups excluding carboxylic acids is 1. The molecule has 7 heteroatoms. The van der Waals surface area contributed by atoms with Gasteiger partial charge in [-0.1, -0.05) is 18.2 Å². The molecular formula is C22H17F3N2O2. The topological polar surface area (TPSA) is 51.2 Å². The molecule has 1 amide bonds. The number of nitrogens with one attached hydrogen (secondary N) is 1. The van der Waals surface area contributed by atoms with Gasteiger partial charge in [0.05, 0.1) is 12.2 Å². The third-order valence-electron chi connectivity index (χ3n) is 4.75. The van der Waals surface area contributed by atoms with Crippen LogP contribution in [0.5, 0.6) is 5.75 Å². The molecule has 1 aliphatic rings. The van der Waals surface area contributed by atoms with E-state index in [1.54, 1.807) is 18.5 Å². The van der Waals surface area contributed by atoms with Gasteiger partial charge in [-0.05, 0) is 42.7 Å². The number of carbonyl (C=O) groups is 1. The van der Waals surface area contributed by atoms with E-state index in [0.29, 0.717) is 36.3 Å². The summed E-state index contributed by atoms with van der Waals surface area (Å²) in [4.78, 5) is 16.7. The molecule has 3 aromatic rings. The van der Waals surface area contributed by atoms with E-state index < -0.39 is 11.7 Å². The summed E-state index contributed by atoms with van der Waals surface area (Å²) in [5.41, 5.74) is 1.02. The van der Waals surface area contributed by atoms with Crippen molar-refractivity contribution in [2.24, 2.45) is 0 Å². The molecule has 2 aromatic carbocycles. The number of benzene rings is 2.